The van der Waals surface area contributed by atoms with Crippen LogP contribution in [0.1, 0.15) is 94.2 Å². The summed E-state index contributed by atoms with van der Waals surface area (Å²) in [6.07, 6.45) is 14.4. The molecule has 0 amide bonds. The molecule has 0 N–H and O–H groups in total. The van der Waals surface area contributed by atoms with E-state index in [1.165, 1.54) is 68.9 Å². The van der Waals surface area contributed by atoms with E-state index in [4.69, 9.17) is 0 Å². The second-order valence-electron chi connectivity index (χ2n) is 9.49. The van der Waals surface area contributed by atoms with Crippen LogP contribution in [0.25, 0.3) is 0 Å². The van der Waals surface area contributed by atoms with Gasteiger partial charge in [-0.25, -0.2) is 4.39 Å². The zero-order valence-corrected chi connectivity index (χ0v) is 16.2. The van der Waals surface area contributed by atoms with Crippen LogP contribution < -0.4 is 0 Å². The minimum Gasteiger partial charge on any atom is -0.207 e. The summed E-state index contributed by atoms with van der Waals surface area (Å²) in [5, 5.41) is 0. The van der Waals surface area contributed by atoms with Crippen LogP contribution in [0.4, 0.5) is 4.39 Å². The molecule has 0 aromatic heterocycles. The van der Waals surface area contributed by atoms with Crippen LogP contribution in [-0.2, 0) is 12.8 Å². The first kappa shape index (κ1) is 17.6. The van der Waals surface area contributed by atoms with Crippen LogP contribution in [0.2, 0.25) is 0 Å². The summed E-state index contributed by atoms with van der Waals surface area (Å²) in [6, 6.07) is 4.29. The standard InChI is InChI=1S/C24H35F/c1-3-4-17-6-8-19-13-20(10-9-18(19)12-17)22-14-21-7-5-16(2)11-23(21)24(25)15-22/h14-20H,3-13H2,1-2H3. The Kier molecular flexibility index (Phi) is 5.20. The molecule has 138 valence electrons. The van der Waals surface area contributed by atoms with Crippen molar-refractivity contribution in [3.8, 4) is 0 Å². The van der Waals surface area contributed by atoms with Crippen molar-refractivity contribution >= 4 is 0 Å². The quantitative estimate of drug-likeness (QED) is 0.552. The third kappa shape index (κ3) is 3.67. The van der Waals surface area contributed by atoms with Crippen LogP contribution in [0.3, 0.4) is 0 Å². The molecule has 1 heteroatoms. The van der Waals surface area contributed by atoms with Gasteiger partial charge >= 0.3 is 0 Å². The topological polar surface area (TPSA) is 0 Å². The molecule has 1 aromatic rings. The van der Waals surface area contributed by atoms with Gasteiger partial charge in [0.05, 0.1) is 0 Å². The third-order valence-electron chi connectivity index (χ3n) is 7.66. The zero-order valence-electron chi connectivity index (χ0n) is 16.2. The second-order valence-corrected chi connectivity index (χ2v) is 9.49. The van der Waals surface area contributed by atoms with E-state index in [1.807, 2.05) is 6.07 Å². The van der Waals surface area contributed by atoms with Gasteiger partial charge in [-0.15, -0.1) is 0 Å². The Labute approximate surface area is 153 Å². The summed E-state index contributed by atoms with van der Waals surface area (Å²) in [5.74, 6) is 4.21. The monoisotopic (exact) mass is 342 g/mol. The average molecular weight is 343 g/mol. The molecular formula is C24H35F. The van der Waals surface area contributed by atoms with Crippen LogP contribution in [-0.4, -0.2) is 0 Å². The van der Waals surface area contributed by atoms with Crippen molar-refractivity contribution in [2.75, 3.05) is 0 Å². The zero-order chi connectivity index (χ0) is 17.4. The molecule has 5 unspecified atom stereocenters. The molecule has 5 atom stereocenters. The minimum atomic E-state index is 0.0906. The van der Waals surface area contributed by atoms with Crippen LogP contribution in [0.15, 0.2) is 12.1 Å². The normalized spacial score (nSPS) is 35.1. The summed E-state index contributed by atoms with van der Waals surface area (Å²) in [7, 11) is 0. The van der Waals surface area contributed by atoms with Crippen molar-refractivity contribution in [1.29, 1.82) is 0 Å². The maximum absolute atomic E-state index is 14.7. The highest BCUT2D eigenvalue weighted by atomic mass is 19.1. The Balaban J connectivity index is 1.46. The largest absolute Gasteiger partial charge is 0.207 e. The summed E-state index contributed by atoms with van der Waals surface area (Å²) < 4.78 is 14.7. The molecule has 3 aliphatic rings. The predicted molar refractivity (Wildman–Crippen MR) is 103 cm³/mol. The molecule has 1 aromatic carbocycles. The number of fused-ring (bicyclic) bond motifs is 2. The highest BCUT2D eigenvalue weighted by Crippen LogP contribution is 2.48. The Bertz CT molecular complexity index is 604. The Morgan fingerprint density at radius 2 is 1.80 bits per heavy atom. The van der Waals surface area contributed by atoms with Gasteiger partial charge in [-0.3, -0.25) is 0 Å². The van der Waals surface area contributed by atoms with E-state index in [1.54, 1.807) is 0 Å². The molecule has 0 saturated heterocycles. The fraction of sp³-hybridized carbons (Fsp3) is 0.750. The number of aryl methyl sites for hydroxylation is 1. The van der Waals surface area contributed by atoms with Crippen molar-refractivity contribution in [3.63, 3.8) is 0 Å². The lowest BCUT2D eigenvalue weighted by atomic mass is 9.63. The molecule has 0 heterocycles. The fourth-order valence-electron chi connectivity index (χ4n) is 6.22. The van der Waals surface area contributed by atoms with E-state index in [9.17, 15) is 4.39 Å². The van der Waals surface area contributed by atoms with Gasteiger partial charge in [-0.2, -0.15) is 0 Å². The first-order chi connectivity index (χ1) is 12.1. The highest BCUT2D eigenvalue weighted by Gasteiger charge is 2.36. The van der Waals surface area contributed by atoms with Crippen LogP contribution in [0.5, 0.6) is 0 Å². The van der Waals surface area contributed by atoms with Gasteiger partial charge in [0.25, 0.3) is 0 Å². The molecule has 2 saturated carbocycles. The van der Waals surface area contributed by atoms with Crippen LogP contribution in [0, 0.1) is 29.5 Å². The van der Waals surface area contributed by atoms with Crippen molar-refractivity contribution in [2.24, 2.45) is 23.7 Å². The SMILES string of the molecule is CCCC1CCC2CC(c3cc(F)c4c(c3)CCC(C)C4)CCC2C1. The lowest BCUT2D eigenvalue weighted by Crippen LogP contribution is -2.30. The lowest BCUT2D eigenvalue weighted by molar-refractivity contribution is 0.114. The highest BCUT2D eigenvalue weighted by molar-refractivity contribution is 5.37. The van der Waals surface area contributed by atoms with Gasteiger partial charge < -0.3 is 0 Å². The van der Waals surface area contributed by atoms with E-state index in [2.05, 4.69) is 19.9 Å². The van der Waals surface area contributed by atoms with Gasteiger partial charge in [0.15, 0.2) is 0 Å². The smallest absolute Gasteiger partial charge is 0.126 e. The summed E-state index contributed by atoms with van der Waals surface area (Å²) in [6.45, 7) is 4.58. The molecule has 25 heavy (non-hydrogen) atoms. The fourth-order valence-corrected chi connectivity index (χ4v) is 6.22. The van der Waals surface area contributed by atoms with E-state index in [0.717, 1.165) is 36.2 Å². The minimum absolute atomic E-state index is 0.0906. The second kappa shape index (κ2) is 7.41. The summed E-state index contributed by atoms with van der Waals surface area (Å²) >= 11 is 0. The Morgan fingerprint density at radius 3 is 2.64 bits per heavy atom. The maximum atomic E-state index is 14.7. The van der Waals surface area contributed by atoms with Crippen molar-refractivity contribution in [2.45, 2.75) is 90.4 Å². The number of hydrogen-bond acceptors (Lipinski definition) is 0. The predicted octanol–water partition coefficient (Wildman–Crippen LogP) is 7.05. The third-order valence-corrected chi connectivity index (χ3v) is 7.66. The van der Waals surface area contributed by atoms with Gasteiger partial charge in [0, 0.05) is 0 Å². The average Bonchev–Trinajstić information content (AvgIpc) is 2.62. The molecular weight excluding hydrogens is 307 g/mol. The Hall–Kier alpha value is -0.850. The number of benzene rings is 1. The van der Waals surface area contributed by atoms with Crippen molar-refractivity contribution < 1.29 is 4.39 Å². The van der Waals surface area contributed by atoms with Gasteiger partial charge in [-0.05, 0) is 104 Å². The Morgan fingerprint density at radius 1 is 1.00 bits per heavy atom. The van der Waals surface area contributed by atoms with Crippen LogP contribution >= 0.6 is 0 Å². The molecule has 2 fully saturated rings. The van der Waals surface area contributed by atoms with E-state index in [-0.39, 0.29) is 5.82 Å². The van der Waals surface area contributed by atoms with E-state index in [0.29, 0.717) is 11.8 Å². The van der Waals surface area contributed by atoms with Gasteiger partial charge in [0.1, 0.15) is 5.82 Å². The van der Waals surface area contributed by atoms with Gasteiger partial charge in [0.2, 0.25) is 0 Å². The molecule has 3 aliphatic carbocycles. The van der Waals surface area contributed by atoms with Crippen molar-refractivity contribution in [1.82, 2.24) is 0 Å². The molecule has 0 spiro atoms. The number of halogens is 1. The maximum Gasteiger partial charge on any atom is 0.126 e. The number of rotatable bonds is 3. The van der Waals surface area contributed by atoms with Gasteiger partial charge in [-0.1, -0.05) is 39.2 Å². The van der Waals surface area contributed by atoms with Crippen molar-refractivity contribution in [3.05, 3.63) is 34.6 Å². The molecule has 0 bridgehead atoms. The first-order valence-electron chi connectivity index (χ1n) is 10.9. The molecule has 0 radical (unpaired) electrons. The van der Waals surface area contributed by atoms with E-state index >= 15 is 0 Å². The molecule has 4 rings (SSSR count). The number of hydrogen-bond donors (Lipinski definition) is 0. The van der Waals surface area contributed by atoms with E-state index < -0.39 is 0 Å². The molecule has 0 aliphatic heterocycles. The summed E-state index contributed by atoms with van der Waals surface area (Å²) in [4.78, 5) is 0. The molecule has 0 nitrogen and oxygen atoms in total. The lowest BCUT2D eigenvalue weighted by Gasteiger charge is -2.42. The summed E-state index contributed by atoms with van der Waals surface area (Å²) in [5.41, 5.74) is 3.66. The first-order valence-corrected chi connectivity index (χ1v) is 10.9.